The summed E-state index contributed by atoms with van der Waals surface area (Å²) in [5.41, 5.74) is 2.82. The van der Waals surface area contributed by atoms with Gasteiger partial charge in [0.05, 0.1) is 29.5 Å². The Kier molecular flexibility index (Phi) is 22.8. The number of anilines is 1. The maximum Gasteiger partial charge on any atom is 0.416 e. The van der Waals surface area contributed by atoms with Crippen LogP contribution in [0.5, 0.6) is 0 Å². The first-order chi connectivity index (χ1) is 48.3. The number of amides is 5. The number of para-hydroxylation sites is 1. The summed E-state index contributed by atoms with van der Waals surface area (Å²) in [6.07, 6.45) is -7.50. The quantitative estimate of drug-likeness (QED) is 0.0576. The minimum atomic E-state index is -5.15. The summed E-state index contributed by atoms with van der Waals surface area (Å²) in [6.45, 7) is 5.51. The zero-order valence-electron chi connectivity index (χ0n) is 57.2. The third-order valence-corrected chi connectivity index (χ3v) is 20.5. The molecule has 534 valence electrons. The molecule has 11 rings (SSSR count). The van der Waals surface area contributed by atoms with Crippen LogP contribution in [0, 0.1) is 5.82 Å². The van der Waals surface area contributed by atoms with E-state index in [9.17, 15) is 59.8 Å². The number of carbonyl (C=O) groups is 5. The number of likely N-dealkylation sites (N-methyl/N-ethyl adjacent to an activating group) is 2. The monoisotopic (exact) mass is 1390 g/mol. The van der Waals surface area contributed by atoms with Gasteiger partial charge in [0, 0.05) is 114 Å². The lowest BCUT2D eigenvalue weighted by Gasteiger charge is -2.44. The molecular formula is C78H85F7N8O8. The van der Waals surface area contributed by atoms with Crippen molar-refractivity contribution < 1.29 is 69.3 Å². The number of hydrogen-bond donors (Lipinski definition) is 1. The fourth-order valence-electron chi connectivity index (χ4n) is 14.8. The minimum Gasteiger partial charge on any atom is -0.465 e. The van der Waals surface area contributed by atoms with E-state index in [0.29, 0.717) is 132 Å². The number of benzene rings is 7. The predicted octanol–water partition coefficient (Wildman–Crippen LogP) is 13.2. The number of carboxylic acid groups (broad SMARTS) is 1. The summed E-state index contributed by atoms with van der Waals surface area (Å²) in [7, 11) is 7.28. The first-order valence-corrected chi connectivity index (χ1v) is 34.2. The molecule has 0 bridgehead atoms. The van der Waals surface area contributed by atoms with E-state index in [1.807, 2.05) is 122 Å². The van der Waals surface area contributed by atoms with Crippen LogP contribution < -0.4 is 4.90 Å². The number of fused-ring (bicyclic) bond motifs is 2. The molecule has 4 aliphatic rings. The molecule has 101 heavy (non-hydrogen) atoms. The number of likely N-dealkylation sites (tertiary alicyclic amines) is 2. The summed E-state index contributed by atoms with van der Waals surface area (Å²) in [4.78, 5) is 81.6. The topological polar surface area (TPSA) is 150 Å². The van der Waals surface area contributed by atoms with Gasteiger partial charge in [-0.05, 0) is 159 Å². The van der Waals surface area contributed by atoms with E-state index in [1.54, 1.807) is 35.8 Å². The highest BCUT2D eigenvalue weighted by molar-refractivity contribution is 5.96. The van der Waals surface area contributed by atoms with Crippen molar-refractivity contribution in [2.75, 3.05) is 112 Å². The highest BCUT2D eigenvalue weighted by Gasteiger charge is 2.50. The van der Waals surface area contributed by atoms with Crippen molar-refractivity contribution in [1.29, 1.82) is 0 Å². The molecule has 2 atom stereocenters. The lowest BCUT2D eigenvalue weighted by molar-refractivity contribution is -0.143. The van der Waals surface area contributed by atoms with E-state index in [4.69, 9.17) is 9.47 Å². The van der Waals surface area contributed by atoms with Gasteiger partial charge >= 0.3 is 18.4 Å². The summed E-state index contributed by atoms with van der Waals surface area (Å²) in [5.74, 6) is -2.02. The van der Waals surface area contributed by atoms with Crippen molar-refractivity contribution in [2.45, 2.75) is 93.5 Å². The van der Waals surface area contributed by atoms with Gasteiger partial charge in [0.1, 0.15) is 24.8 Å². The van der Waals surface area contributed by atoms with Crippen molar-refractivity contribution in [3.05, 3.63) is 231 Å². The van der Waals surface area contributed by atoms with Gasteiger partial charge in [0.2, 0.25) is 5.91 Å². The molecule has 3 aliphatic heterocycles. The number of hydrogen-bond acceptors (Lipinski definition) is 10. The lowest BCUT2D eigenvalue weighted by Crippen LogP contribution is -2.50. The molecule has 1 aliphatic carbocycles. The fourth-order valence-corrected chi connectivity index (χ4v) is 14.8. The minimum absolute atomic E-state index is 0.0293. The predicted molar refractivity (Wildman–Crippen MR) is 369 cm³/mol. The SMILES string of the molecule is CN(Cc1ccc(C(=O)N(C)CCCN(C)C(=O)CO[C@H]2Cc3ccccc3C23CCN(CC[C@]2(c4ccc(F)cc4)CN(C(=O)c4cc(C(F)(F)F)cc(C(F)(F)F)c4)CO2)CC3)cc1)Cc1ccc(C(=O)N(C)CCN2CCC(N(C(=O)O)c3ccccc3-c3ccccc3)CC2)cc1. The molecule has 0 saturated carbocycles. The van der Waals surface area contributed by atoms with Crippen LogP contribution in [-0.4, -0.2) is 188 Å². The highest BCUT2D eigenvalue weighted by atomic mass is 19.4. The molecule has 7 aromatic carbocycles. The van der Waals surface area contributed by atoms with Gasteiger partial charge in [-0.2, -0.15) is 26.3 Å². The standard InChI is InChI=1S/C78H85F7N8O8/c1-86(50-55-21-25-58(26-22-55)72(96)89(4)43-44-90-38-31-65(32-39-90)93(74(98)99)68-18-11-9-16-66(68)56-13-6-5-7-14-56)49-54-19-23-57(24-20-54)71(95)88(3)37-12-36-87(2)70(94)51-100-69-47-59-15-8-10-17-67(59)75(69)33-40-91(41-34-75)42-35-76(61-27-29-64(79)30-28-61)52-92(53-101-76)73(97)60-45-62(77(80,81)82)48-63(46-60)78(83,84)85/h5-11,13-30,45-46,48,65,69H,12,31-44,47,49-53H2,1-4H3,(H,98,99)/t69-,76+/m0/s1. The number of alkyl halides is 6. The Morgan fingerprint density at radius 2 is 1.17 bits per heavy atom. The molecular weight excluding hydrogens is 1310 g/mol. The maximum atomic E-state index is 14.3. The summed E-state index contributed by atoms with van der Waals surface area (Å²) in [5, 5.41) is 10.4. The van der Waals surface area contributed by atoms with E-state index in [1.165, 1.54) is 29.2 Å². The summed E-state index contributed by atoms with van der Waals surface area (Å²) in [6, 6.07) is 46.8. The first kappa shape index (κ1) is 73.2. The Bertz CT molecular complexity index is 4000. The second kappa shape index (κ2) is 31.5. The van der Waals surface area contributed by atoms with Gasteiger partial charge in [-0.25, -0.2) is 9.18 Å². The molecule has 5 amide bonds. The van der Waals surface area contributed by atoms with Crippen LogP contribution in [-0.2, 0) is 57.1 Å². The lowest BCUT2D eigenvalue weighted by atomic mass is 9.72. The van der Waals surface area contributed by atoms with Gasteiger partial charge < -0.3 is 44.0 Å². The van der Waals surface area contributed by atoms with E-state index in [0.717, 1.165) is 51.4 Å². The Balaban J connectivity index is 0.599. The van der Waals surface area contributed by atoms with Crippen LogP contribution in [0.15, 0.2) is 170 Å². The van der Waals surface area contributed by atoms with Gasteiger partial charge in [0.25, 0.3) is 17.7 Å². The van der Waals surface area contributed by atoms with Crippen molar-refractivity contribution in [3.63, 3.8) is 0 Å². The molecule has 23 heteroatoms. The zero-order chi connectivity index (χ0) is 71.8. The number of piperidine rings is 2. The molecule has 0 radical (unpaired) electrons. The van der Waals surface area contributed by atoms with E-state index in [-0.39, 0.29) is 55.5 Å². The second-order valence-electron chi connectivity index (χ2n) is 27.3. The summed E-state index contributed by atoms with van der Waals surface area (Å²) < 4.78 is 110. The van der Waals surface area contributed by atoms with E-state index >= 15 is 0 Å². The van der Waals surface area contributed by atoms with Crippen LogP contribution in [0.1, 0.15) is 109 Å². The largest absolute Gasteiger partial charge is 0.465 e. The van der Waals surface area contributed by atoms with Crippen LogP contribution in [0.4, 0.5) is 41.2 Å². The Morgan fingerprint density at radius 3 is 1.77 bits per heavy atom. The molecule has 0 unspecified atom stereocenters. The van der Waals surface area contributed by atoms with Gasteiger partial charge in [0.15, 0.2) is 0 Å². The number of halogens is 7. The highest BCUT2D eigenvalue weighted by Crippen LogP contribution is 2.49. The summed E-state index contributed by atoms with van der Waals surface area (Å²) >= 11 is 0. The number of nitrogens with zero attached hydrogens (tertiary/aromatic N) is 8. The van der Waals surface area contributed by atoms with Gasteiger partial charge in [-0.15, -0.1) is 0 Å². The molecule has 1 N–H and O–H groups in total. The van der Waals surface area contributed by atoms with Gasteiger partial charge in [-0.1, -0.05) is 109 Å². The molecule has 3 saturated heterocycles. The van der Waals surface area contributed by atoms with Crippen molar-refractivity contribution in [2.24, 2.45) is 0 Å². The second-order valence-corrected chi connectivity index (χ2v) is 27.3. The van der Waals surface area contributed by atoms with E-state index < -0.39 is 64.6 Å². The smallest absolute Gasteiger partial charge is 0.416 e. The maximum absolute atomic E-state index is 14.3. The molecule has 7 aromatic rings. The van der Waals surface area contributed by atoms with Crippen molar-refractivity contribution in [3.8, 4) is 11.1 Å². The van der Waals surface area contributed by atoms with Crippen LogP contribution >= 0.6 is 0 Å². The molecule has 16 nitrogen and oxygen atoms in total. The first-order valence-electron chi connectivity index (χ1n) is 34.2. The van der Waals surface area contributed by atoms with E-state index in [2.05, 4.69) is 26.8 Å². The van der Waals surface area contributed by atoms with Crippen LogP contribution in [0.25, 0.3) is 11.1 Å². The molecule has 0 aromatic heterocycles. The Hall–Kier alpha value is -9.00. The number of ether oxygens (including phenoxy) is 2. The third-order valence-electron chi connectivity index (χ3n) is 20.5. The fraction of sp³-hybridized carbons (Fsp3) is 0.397. The third kappa shape index (κ3) is 17.3. The molecule has 3 heterocycles. The molecule has 1 spiro atoms. The van der Waals surface area contributed by atoms with Crippen molar-refractivity contribution >= 4 is 35.4 Å². The van der Waals surface area contributed by atoms with Crippen LogP contribution in [0.2, 0.25) is 0 Å². The van der Waals surface area contributed by atoms with Crippen LogP contribution in [0.3, 0.4) is 0 Å². The average Bonchev–Trinajstić information content (AvgIpc) is 1.60. The zero-order valence-corrected chi connectivity index (χ0v) is 57.2. The average molecular weight is 1400 g/mol. The Labute approximate surface area is 584 Å². The Morgan fingerprint density at radius 1 is 0.614 bits per heavy atom. The number of rotatable bonds is 24. The van der Waals surface area contributed by atoms with Gasteiger partial charge in [-0.3, -0.25) is 29.0 Å². The normalized spacial score (nSPS) is 18.0. The molecule has 3 fully saturated rings. The number of carbonyl (C=O) groups excluding carboxylic acids is 4. The van der Waals surface area contributed by atoms with Crippen molar-refractivity contribution in [1.82, 2.24) is 34.3 Å².